The molecule has 0 fully saturated rings. The Morgan fingerprint density at radius 3 is 2.89 bits per heavy atom. The van der Waals surface area contributed by atoms with E-state index in [2.05, 4.69) is 54.2 Å². The summed E-state index contributed by atoms with van der Waals surface area (Å²) in [6.45, 7) is 14.0. The summed E-state index contributed by atoms with van der Waals surface area (Å²) in [4.78, 5) is 11.6. The molecule has 4 rings (SSSR count). The summed E-state index contributed by atoms with van der Waals surface area (Å²) < 4.78 is 7.35. The van der Waals surface area contributed by atoms with Crippen molar-refractivity contribution < 1.29 is 4.74 Å². The minimum Gasteiger partial charge on any atom is -0.375 e. The number of rotatable bonds is 3. The van der Waals surface area contributed by atoms with Crippen LogP contribution >= 0.6 is 0 Å². The van der Waals surface area contributed by atoms with E-state index in [0.29, 0.717) is 6.54 Å². The number of hydrogen-bond acceptors (Lipinski definition) is 4. The van der Waals surface area contributed by atoms with Gasteiger partial charge < -0.3 is 9.64 Å². The normalized spacial score (nSPS) is 17.2. The molecule has 0 bridgehead atoms. The van der Waals surface area contributed by atoms with Crippen LogP contribution in [0.25, 0.3) is 11.3 Å². The largest absolute Gasteiger partial charge is 0.375 e. The molecule has 1 aromatic carbocycles. The van der Waals surface area contributed by atoms with Crippen molar-refractivity contribution in [3.8, 4) is 0 Å². The molecule has 2 aromatic rings. The average molecular weight is 374 g/mol. The van der Waals surface area contributed by atoms with Gasteiger partial charge in [-0.05, 0) is 31.4 Å². The van der Waals surface area contributed by atoms with E-state index in [1.165, 1.54) is 16.7 Å². The van der Waals surface area contributed by atoms with Gasteiger partial charge in [0.1, 0.15) is 12.2 Å². The summed E-state index contributed by atoms with van der Waals surface area (Å²) in [5.41, 5.74) is 7.96. The third-order valence-electron chi connectivity index (χ3n) is 5.50. The predicted octanol–water partition coefficient (Wildman–Crippen LogP) is 4.30. The van der Waals surface area contributed by atoms with Crippen LogP contribution in [0.1, 0.15) is 42.3 Å². The van der Waals surface area contributed by atoms with Gasteiger partial charge in [0, 0.05) is 37.2 Å². The Balaban J connectivity index is 1.81. The lowest BCUT2D eigenvalue weighted by Crippen LogP contribution is -2.29. The number of allylic oxidation sites excluding steroid dienone is 2. The lowest BCUT2D eigenvalue weighted by atomic mass is 9.89. The molecule has 5 nitrogen and oxygen atoms in total. The molecule has 3 heterocycles. The van der Waals surface area contributed by atoms with E-state index in [1.807, 2.05) is 17.7 Å². The molecule has 28 heavy (non-hydrogen) atoms. The zero-order valence-corrected chi connectivity index (χ0v) is 16.8. The third-order valence-corrected chi connectivity index (χ3v) is 5.50. The van der Waals surface area contributed by atoms with Crippen molar-refractivity contribution in [3.05, 3.63) is 78.0 Å². The summed E-state index contributed by atoms with van der Waals surface area (Å²) in [5, 5.41) is 0. The van der Waals surface area contributed by atoms with E-state index in [9.17, 15) is 0 Å². The Labute approximate surface area is 166 Å². The summed E-state index contributed by atoms with van der Waals surface area (Å²) in [6, 6.07) is 6.45. The second kappa shape index (κ2) is 7.24. The third kappa shape index (κ3) is 3.12. The van der Waals surface area contributed by atoms with Gasteiger partial charge in [0.2, 0.25) is 0 Å². The molecular weight excluding hydrogens is 348 g/mol. The van der Waals surface area contributed by atoms with Gasteiger partial charge in [-0.15, -0.1) is 0 Å². The molecular formula is C23H26N4O. The smallest absolute Gasteiger partial charge is 0.135 e. The molecule has 0 spiro atoms. The van der Waals surface area contributed by atoms with Gasteiger partial charge in [0.05, 0.1) is 24.0 Å². The highest BCUT2D eigenvalue weighted by atomic mass is 16.5. The first-order valence-corrected chi connectivity index (χ1v) is 9.56. The fraction of sp³-hybridized carbons (Fsp3) is 0.304. The number of methoxy groups -OCH3 is 1. The molecule has 2 aliphatic heterocycles. The molecule has 1 unspecified atom stereocenters. The number of fused-ring (bicyclic) bond motifs is 3. The number of hydrogen-bond donors (Lipinski definition) is 0. The van der Waals surface area contributed by atoms with Crippen LogP contribution in [-0.2, 0) is 11.2 Å². The van der Waals surface area contributed by atoms with Gasteiger partial charge in [-0.1, -0.05) is 36.9 Å². The van der Waals surface area contributed by atoms with Crippen molar-refractivity contribution in [1.82, 2.24) is 14.5 Å². The highest BCUT2D eigenvalue weighted by Gasteiger charge is 2.27. The van der Waals surface area contributed by atoms with Crippen molar-refractivity contribution in [2.45, 2.75) is 26.4 Å². The highest BCUT2D eigenvalue weighted by Crippen LogP contribution is 2.36. The van der Waals surface area contributed by atoms with Crippen molar-refractivity contribution in [2.75, 3.05) is 20.2 Å². The maximum Gasteiger partial charge on any atom is 0.135 e. The number of aromatic nitrogens is 2. The molecule has 1 aromatic heterocycles. The van der Waals surface area contributed by atoms with E-state index in [-0.39, 0.29) is 6.10 Å². The molecule has 0 aliphatic carbocycles. The first-order valence-electron chi connectivity index (χ1n) is 9.56. The Morgan fingerprint density at radius 2 is 2.14 bits per heavy atom. The van der Waals surface area contributed by atoms with Crippen LogP contribution in [0.3, 0.4) is 0 Å². The van der Waals surface area contributed by atoms with E-state index >= 15 is 0 Å². The van der Waals surface area contributed by atoms with Crippen molar-refractivity contribution in [3.63, 3.8) is 0 Å². The van der Waals surface area contributed by atoms with Crippen LogP contribution in [-0.4, -0.2) is 40.5 Å². The zero-order chi connectivity index (χ0) is 19.8. The Bertz CT molecular complexity index is 1010. The van der Waals surface area contributed by atoms with Crippen LogP contribution in [0.15, 0.2) is 60.6 Å². The SMILES string of the molecule is C=C(C)c1cccc2c1CCN1C(=C)CN=C(n3cnc(C(C)OC)c3)C=C21. The predicted molar refractivity (Wildman–Crippen MR) is 114 cm³/mol. The molecule has 0 radical (unpaired) electrons. The summed E-state index contributed by atoms with van der Waals surface area (Å²) >= 11 is 0. The fourth-order valence-corrected chi connectivity index (χ4v) is 3.85. The minimum absolute atomic E-state index is 0.0553. The van der Waals surface area contributed by atoms with Crippen LogP contribution in [0, 0.1) is 0 Å². The second-order valence-electron chi connectivity index (χ2n) is 7.37. The Morgan fingerprint density at radius 1 is 1.32 bits per heavy atom. The van der Waals surface area contributed by atoms with Gasteiger partial charge in [0.25, 0.3) is 0 Å². The topological polar surface area (TPSA) is 42.7 Å². The van der Waals surface area contributed by atoms with E-state index in [1.54, 1.807) is 13.4 Å². The zero-order valence-electron chi connectivity index (χ0n) is 16.8. The maximum absolute atomic E-state index is 5.38. The standard InChI is InChI=1S/C23H26N4O/c1-15(2)18-7-6-8-20-19(18)9-10-27-16(3)12-24-23(11-22(20)27)26-13-21(25-14-26)17(4)28-5/h6-8,11,13-14,17H,1,3,9-10,12H2,2,4-5H3. The number of aliphatic imine (C=N–C) groups is 1. The van der Waals surface area contributed by atoms with Crippen molar-refractivity contribution >= 4 is 17.1 Å². The fourth-order valence-electron chi connectivity index (χ4n) is 3.85. The molecule has 5 heteroatoms. The first kappa shape index (κ1) is 18.4. The van der Waals surface area contributed by atoms with Crippen molar-refractivity contribution in [1.29, 1.82) is 0 Å². The summed E-state index contributed by atoms with van der Waals surface area (Å²) in [6.07, 6.45) is 6.84. The monoisotopic (exact) mass is 374 g/mol. The van der Waals surface area contributed by atoms with Gasteiger partial charge in [-0.2, -0.15) is 0 Å². The molecule has 0 saturated heterocycles. The van der Waals surface area contributed by atoms with Gasteiger partial charge in [-0.25, -0.2) is 4.98 Å². The van der Waals surface area contributed by atoms with Gasteiger partial charge in [-0.3, -0.25) is 9.56 Å². The summed E-state index contributed by atoms with van der Waals surface area (Å²) in [5.74, 6) is 0.856. The molecule has 0 saturated carbocycles. The highest BCUT2D eigenvalue weighted by molar-refractivity contribution is 6.02. The average Bonchev–Trinajstić information content (AvgIpc) is 3.12. The van der Waals surface area contributed by atoms with Crippen molar-refractivity contribution in [2.24, 2.45) is 4.99 Å². The van der Waals surface area contributed by atoms with Gasteiger partial charge >= 0.3 is 0 Å². The second-order valence-corrected chi connectivity index (χ2v) is 7.37. The lowest BCUT2D eigenvalue weighted by Gasteiger charge is -2.34. The number of imidazole rings is 1. The number of nitrogens with zero attached hydrogens (tertiary/aromatic N) is 4. The van der Waals surface area contributed by atoms with Crippen LogP contribution < -0.4 is 0 Å². The van der Waals surface area contributed by atoms with E-state index in [4.69, 9.17) is 9.73 Å². The Hall–Kier alpha value is -2.92. The molecule has 2 aliphatic rings. The van der Waals surface area contributed by atoms with Crippen LogP contribution in [0.5, 0.6) is 0 Å². The van der Waals surface area contributed by atoms with Crippen LogP contribution in [0.4, 0.5) is 0 Å². The van der Waals surface area contributed by atoms with E-state index in [0.717, 1.165) is 41.5 Å². The lowest BCUT2D eigenvalue weighted by molar-refractivity contribution is 0.116. The first-order chi connectivity index (χ1) is 13.5. The maximum atomic E-state index is 5.38. The molecule has 0 N–H and O–H groups in total. The molecule has 0 amide bonds. The minimum atomic E-state index is -0.0553. The molecule has 144 valence electrons. The summed E-state index contributed by atoms with van der Waals surface area (Å²) in [7, 11) is 1.69. The molecule has 1 atom stereocenters. The number of benzene rings is 1. The van der Waals surface area contributed by atoms with Gasteiger partial charge in [0.15, 0.2) is 0 Å². The quantitative estimate of drug-likeness (QED) is 0.805. The number of ether oxygens (including phenoxy) is 1. The Kier molecular flexibility index (Phi) is 4.77. The van der Waals surface area contributed by atoms with E-state index < -0.39 is 0 Å². The van der Waals surface area contributed by atoms with Crippen LogP contribution in [0.2, 0.25) is 0 Å².